The summed E-state index contributed by atoms with van der Waals surface area (Å²) in [6, 6.07) is 0. The van der Waals surface area contributed by atoms with Crippen molar-refractivity contribution in [2.75, 3.05) is 13.1 Å². The molecule has 0 unspecified atom stereocenters. The predicted octanol–water partition coefficient (Wildman–Crippen LogP) is 1.19. The molecule has 6 heavy (non-hydrogen) atoms. The number of nitrogens with one attached hydrogen (secondary N) is 1. The van der Waals surface area contributed by atoms with Crippen molar-refractivity contribution in [2.45, 2.75) is 13.8 Å². The van der Waals surface area contributed by atoms with E-state index in [1.54, 1.807) is 0 Å². The van der Waals surface area contributed by atoms with Crippen LogP contribution in [-0.2, 0) is 0 Å². The van der Waals surface area contributed by atoms with Crippen molar-refractivity contribution in [3.05, 3.63) is 0 Å². The second-order valence-corrected chi connectivity index (χ2v) is 0.957. The van der Waals surface area contributed by atoms with Crippen LogP contribution in [0.3, 0.4) is 0 Å². The van der Waals surface area contributed by atoms with E-state index in [9.17, 15) is 0 Å². The summed E-state index contributed by atoms with van der Waals surface area (Å²) in [5.74, 6) is 0. The highest BCUT2D eigenvalue weighted by Crippen LogP contribution is 1.47. The summed E-state index contributed by atoms with van der Waals surface area (Å²) in [5, 5.41) is 3.11. The van der Waals surface area contributed by atoms with Gasteiger partial charge >= 0.3 is 0 Å². The molecule has 0 saturated heterocycles. The molecule has 0 spiro atoms. The molecule has 0 aromatic carbocycles. The molecule has 0 aromatic rings. The van der Waals surface area contributed by atoms with Crippen LogP contribution < -0.4 is 5.32 Å². The molecule has 0 radical (unpaired) electrons. The van der Waals surface area contributed by atoms with Gasteiger partial charge in [-0.05, 0) is 13.1 Å². The Bertz CT molecular complexity index is 15.0. The van der Waals surface area contributed by atoms with Crippen LogP contribution in [-0.4, -0.2) is 13.1 Å². The Hall–Kier alpha value is 0.440. The van der Waals surface area contributed by atoms with Gasteiger partial charge in [0.15, 0.2) is 0 Å². The minimum Gasteiger partial charge on any atom is -0.317 e. The lowest BCUT2D eigenvalue weighted by Gasteiger charge is -1.86. The van der Waals surface area contributed by atoms with E-state index in [1.165, 1.54) is 0 Å². The smallest absolute Gasteiger partial charge is 0.00775 e. The van der Waals surface area contributed by atoms with Crippen molar-refractivity contribution in [3.8, 4) is 0 Å². The first-order valence-electron chi connectivity index (χ1n) is 2.12. The standard InChI is InChI=1S/C4H11N.BrH/c1-3-5-4-2;/h5H,3-4H2,1-2H3;1H. The first kappa shape index (κ1) is 9.67. The van der Waals surface area contributed by atoms with Crippen molar-refractivity contribution in [1.29, 1.82) is 0 Å². The van der Waals surface area contributed by atoms with E-state index in [2.05, 4.69) is 19.2 Å². The van der Waals surface area contributed by atoms with Gasteiger partial charge in [-0.1, -0.05) is 13.8 Å². The molecular weight excluding hydrogens is 142 g/mol. The number of hydrogen-bond donors (Lipinski definition) is 1. The molecule has 0 rings (SSSR count). The topological polar surface area (TPSA) is 12.0 Å². The third-order valence-electron chi connectivity index (χ3n) is 0.500. The maximum atomic E-state index is 3.11. The van der Waals surface area contributed by atoms with Gasteiger partial charge in [-0.25, -0.2) is 0 Å². The zero-order valence-electron chi connectivity index (χ0n) is 4.32. The third-order valence-corrected chi connectivity index (χ3v) is 0.500. The monoisotopic (exact) mass is 153 g/mol. The zero-order valence-corrected chi connectivity index (χ0v) is 6.04. The molecule has 2 heteroatoms. The fourth-order valence-corrected chi connectivity index (χ4v) is 0.250. The van der Waals surface area contributed by atoms with E-state index in [0.29, 0.717) is 0 Å². The largest absolute Gasteiger partial charge is 0.317 e. The van der Waals surface area contributed by atoms with Gasteiger partial charge < -0.3 is 5.32 Å². The van der Waals surface area contributed by atoms with Crippen LogP contribution in [0, 0.1) is 0 Å². The van der Waals surface area contributed by atoms with E-state index in [-0.39, 0.29) is 17.0 Å². The van der Waals surface area contributed by atoms with Gasteiger partial charge in [-0.2, -0.15) is 0 Å². The molecule has 0 saturated carbocycles. The molecule has 1 nitrogen and oxygen atoms in total. The Labute approximate surface area is 49.9 Å². The Morgan fingerprint density at radius 3 is 1.50 bits per heavy atom. The molecule has 0 aliphatic heterocycles. The summed E-state index contributed by atoms with van der Waals surface area (Å²) >= 11 is 0. The Morgan fingerprint density at radius 2 is 1.50 bits per heavy atom. The highest BCUT2D eigenvalue weighted by Gasteiger charge is 1.62. The highest BCUT2D eigenvalue weighted by atomic mass is 79.9. The molecule has 0 aromatic heterocycles. The summed E-state index contributed by atoms with van der Waals surface area (Å²) in [6.45, 7) is 6.39. The molecule has 0 aliphatic rings. The van der Waals surface area contributed by atoms with Crippen molar-refractivity contribution >= 4 is 17.0 Å². The van der Waals surface area contributed by atoms with Crippen molar-refractivity contribution in [1.82, 2.24) is 5.32 Å². The fourth-order valence-electron chi connectivity index (χ4n) is 0.250. The van der Waals surface area contributed by atoms with Crippen molar-refractivity contribution in [3.63, 3.8) is 0 Å². The fraction of sp³-hybridized carbons (Fsp3) is 1.00. The Balaban J connectivity index is 0. The summed E-state index contributed by atoms with van der Waals surface area (Å²) < 4.78 is 0. The van der Waals surface area contributed by atoms with Crippen molar-refractivity contribution in [2.24, 2.45) is 0 Å². The lowest BCUT2D eigenvalue weighted by Crippen LogP contribution is -2.09. The van der Waals surface area contributed by atoms with E-state index in [0.717, 1.165) is 13.1 Å². The SMILES string of the molecule is Br.CCNCC. The van der Waals surface area contributed by atoms with Crippen LogP contribution in [0.15, 0.2) is 0 Å². The van der Waals surface area contributed by atoms with Crippen LogP contribution in [0.25, 0.3) is 0 Å². The summed E-state index contributed by atoms with van der Waals surface area (Å²) in [5.41, 5.74) is 0. The van der Waals surface area contributed by atoms with Crippen LogP contribution in [0.1, 0.15) is 13.8 Å². The van der Waals surface area contributed by atoms with Gasteiger partial charge in [0.1, 0.15) is 0 Å². The lowest BCUT2D eigenvalue weighted by atomic mass is 10.7. The number of rotatable bonds is 2. The highest BCUT2D eigenvalue weighted by molar-refractivity contribution is 8.93. The average Bonchev–Trinajstić information content (AvgIpc) is 1.41. The average molecular weight is 154 g/mol. The summed E-state index contributed by atoms with van der Waals surface area (Å²) in [7, 11) is 0. The van der Waals surface area contributed by atoms with Crippen LogP contribution in [0.4, 0.5) is 0 Å². The van der Waals surface area contributed by atoms with Crippen molar-refractivity contribution < 1.29 is 0 Å². The van der Waals surface area contributed by atoms with Crippen LogP contribution >= 0.6 is 17.0 Å². The molecule has 0 fully saturated rings. The molecule has 0 aliphatic carbocycles. The number of halogens is 1. The minimum atomic E-state index is 0. The van der Waals surface area contributed by atoms with E-state index < -0.39 is 0 Å². The molecular formula is C4H12BrN. The van der Waals surface area contributed by atoms with Gasteiger partial charge in [0.25, 0.3) is 0 Å². The molecule has 0 atom stereocenters. The van der Waals surface area contributed by atoms with Gasteiger partial charge in [-0.15, -0.1) is 17.0 Å². The Kier molecular flexibility index (Phi) is 14.6. The van der Waals surface area contributed by atoms with Crippen LogP contribution in [0.5, 0.6) is 0 Å². The van der Waals surface area contributed by atoms with Gasteiger partial charge in [0, 0.05) is 0 Å². The van der Waals surface area contributed by atoms with E-state index >= 15 is 0 Å². The molecule has 0 heterocycles. The second kappa shape index (κ2) is 9.06. The maximum Gasteiger partial charge on any atom is -0.00775 e. The Morgan fingerprint density at radius 1 is 1.17 bits per heavy atom. The van der Waals surface area contributed by atoms with Crippen LogP contribution in [0.2, 0.25) is 0 Å². The molecule has 1 N–H and O–H groups in total. The minimum absolute atomic E-state index is 0. The second-order valence-electron chi connectivity index (χ2n) is 0.957. The molecule has 0 amide bonds. The summed E-state index contributed by atoms with van der Waals surface area (Å²) in [4.78, 5) is 0. The first-order chi connectivity index (χ1) is 2.41. The first-order valence-corrected chi connectivity index (χ1v) is 2.12. The quantitative estimate of drug-likeness (QED) is 0.629. The summed E-state index contributed by atoms with van der Waals surface area (Å²) in [6.07, 6.45) is 0. The zero-order chi connectivity index (χ0) is 4.12. The van der Waals surface area contributed by atoms with Gasteiger partial charge in [-0.3, -0.25) is 0 Å². The molecule has 0 bridgehead atoms. The maximum absolute atomic E-state index is 3.11. The van der Waals surface area contributed by atoms with E-state index in [4.69, 9.17) is 0 Å². The van der Waals surface area contributed by atoms with Gasteiger partial charge in [0.05, 0.1) is 0 Å². The van der Waals surface area contributed by atoms with Gasteiger partial charge in [0.2, 0.25) is 0 Å². The molecule has 40 valence electrons. The van der Waals surface area contributed by atoms with E-state index in [1.807, 2.05) is 0 Å². The third kappa shape index (κ3) is 8.83. The lowest BCUT2D eigenvalue weighted by molar-refractivity contribution is 0.762. The normalized spacial score (nSPS) is 7.00. The number of hydrogen-bond acceptors (Lipinski definition) is 1. The predicted molar refractivity (Wildman–Crippen MR) is 34.5 cm³/mol.